The molecule has 0 spiro atoms. The lowest BCUT2D eigenvalue weighted by molar-refractivity contribution is 0.00648. The van der Waals surface area contributed by atoms with Crippen molar-refractivity contribution in [3.63, 3.8) is 0 Å². The quantitative estimate of drug-likeness (QED) is 0.874. The Kier molecular flexibility index (Phi) is 4.62. The summed E-state index contributed by atoms with van der Waals surface area (Å²) < 4.78 is 19.4. The van der Waals surface area contributed by atoms with Crippen LogP contribution >= 0.6 is 0 Å². The molecule has 0 heterocycles. The van der Waals surface area contributed by atoms with E-state index in [9.17, 15) is 14.3 Å². The highest BCUT2D eigenvalue weighted by molar-refractivity contribution is 5.90. The monoisotopic (exact) mass is 302 g/mol. The van der Waals surface area contributed by atoms with Gasteiger partial charge in [0, 0.05) is 0 Å². The summed E-state index contributed by atoms with van der Waals surface area (Å²) in [4.78, 5) is 11.9. The third kappa shape index (κ3) is 3.71. The van der Waals surface area contributed by atoms with Crippen molar-refractivity contribution < 1.29 is 19.0 Å². The van der Waals surface area contributed by atoms with Crippen molar-refractivity contribution in [2.75, 3.05) is 0 Å². The van der Waals surface area contributed by atoms with Crippen LogP contribution in [-0.2, 0) is 11.3 Å². The topological polar surface area (TPSA) is 46.5 Å². The second-order valence-electron chi connectivity index (χ2n) is 6.01. The molecule has 0 aliphatic carbocycles. The highest BCUT2D eigenvalue weighted by Crippen LogP contribution is 2.26. The molecule has 2 rings (SSSR count). The van der Waals surface area contributed by atoms with Gasteiger partial charge in [0.2, 0.25) is 0 Å². The van der Waals surface area contributed by atoms with Gasteiger partial charge in [-0.3, -0.25) is 0 Å². The second kappa shape index (κ2) is 6.28. The number of carbonyl (C=O) groups is 1. The minimum atomic E-state index is -0.688. The van der Waals surface area contributed by atoms with E-state index in [1.807, 2.05) is 6.07 Å². The number of hydrogen-bond donors (Lipinski definition) is 1. The van der Waals surface area contributed by atoms with Crippen LogP contribution in [0.5, 0.6) is 0 Å². The Bertz CT molecular complexity index is 687. The molecule has 4 heteroatoms. The van der Waals surface area contributed by atoms with Gasteiger partial charge in [-0.05, 0) is 49.6 Å². The van der Waals surface area contributed by atoms with Crippen LogP contribution in [0.3, 0.4) is 0 Å². The van der Waals surface area contributed by atoms with Gasteiger partial charge >= 0.3 is 5.97 Å². The molecule has 0 aliphatic rings. The van der Waals surface area contributed by atoms with Crippen LogP contribution in [0.15, 0.2) is 42.5 Å². The Balaban J connectivity index is 2.36. The average molecular weight is 302 g/mol. The van der Waals surface area contributed by atoms with Crippen molar-refractivity contribution in [2.45, 2.75) is 33.0 Å². The SMILES string of the molecule is CC(C)(C)OC(=O)c1ccc(-c2ccccc2CO)cc1F. The molecule has 0 radical (unpaired) electrons. The maximum atomic E-state index is 14.2. The van der Waals surface area contributed by atoms with Crippen LogP contribution in [0.1, 0.15) is 36.7 Å². The number of esters is 1. The van der Waals surface area contributed by atoms with Gasteiger partial charge in [-0.15, -0.1) is 0 Å². The normalized spacial score (nSPS) is 11.3. The zero-order chi connectivity index (χ0) is 16.3. The first-order chi connectivity index (χ1) is 10.3. The van der Waals surface area contributed by atoms with Gasteiger partial charge in [-0.1, -0.05) is 30.3 Å². The van der Waals surface area contributed by atoms with Crippen molar-refractivity contribution in [1.29, 1.82) is 0 Å². The van der Waals surface area contributed by atoms with Gasteiger partial charge in [0.15, 0.2) is 0 Å². The smallest absolute Gasteiger partial charge is 0.341 e. The Morgan fingerprint density at radius 1 is 1.18 bits per heavy atom. The zero-order valence-electron chi connectivity index (χ0n) is 12.9. The molecule has 0 saturated carbocycles. The minimum Gasteiger partial charge on any atom is -0.456 e. The lowest BCUT2D eigenvalue weighted by atomic mass is 9.98. The van der Waals surface area contributed by atoms with Gasteiger partial charge in [0.05, 0.1) is 12.2 Å². The van der Waals surface area contributed by atoms with Crippen LogP contribution in [0, 0.1) is 5.82 Å². The standard InChI is InChI=1S/C18H19FO3/c1-18(2,3)22-17(21)15-9-8-12(10-16(15)19)14-7-5-4-6-13(14)11-20/h4-10,20H,11H2,1-3H3. The molecule has 0 atom stereocenters. The van der Waals surface area contributed by atoms with E-state index in [0.717, 1.165) is 5.56 Å². The summed E-state index contributed by atoms with van der Waals surface area (Å²) in [6.45, 7) is 5.06. The van der Waals surface area contributed by atoms with Gasteiger partial charge in [-0.2, -0.15) is 0 Å². The molecule has 3 nitrogen and oxygen atoms in total. The molecule has 2 aromatic rings. The summed E-state index contributed by atoms with van der Waals surface area (Å²) >= 11 is 0. The summed E-state index contributed by atoms with van der Waals surface area (Å²) in [5, 5.41) is 9.35. The fourth-order valence-corrected chi connectivity index (χ4v) is 2.12. The van der Waals surface area contributed by atoms with E-state index < -0.39 is 17.4 Å². The molecular weight excluding hydrogens is 283 g/mol. The van der Waals surface area contributed by atoms with E-state index in [2.05, 4.69) is 0 Å². The Morgan fingerprint density at radius 2 is 1.86 bits per heavy atom. The molecule has 0 bridgehead atoms. The fraction of sp³-hybridized carbons (Fsp3) is 0.278. The third-order valence-electron chi connectivity index (χ3n) is 3.09. The molecular formula is C18H19FO3. The summed E-state index contributed by atoms with van der Waals surface area (Å²) in [6, 6.07) is 11.5. The maximum Gasteiger partial charge on any atom is 0.341 e. The van der Waals surface area contributed by atoms with Crippen LogP contribution < -0.4 is 0 Å². The van der Waals surface area contributed by atoms with Crippen molar-refractivity contribution in [3.8, 4) is 11.1 Å². The first-order valence-corrected chi connectivity index (χ1v) is 7.04. The van der Waals surface area contributed by atoms with Crippen LogP contribution in [0.25, 0.3) is 11.1 Å². The van der Waals surface area contributed by atoms with E-state index in [1.54, 1.807) is 45.0 Å². The molecule has 0 saturated heterocycles. The molecule has 116 valence electrons. The first-order valence-electron chi connectivity index (χ1n) is 7.04. The summed E-state index contributed by atoms with van der Waals surface area (Å²) in [5.41, 5.74) is 1.27. The largest absolute Gasteiger partial charge is 0.456 e. The average Bonchev–Trinajstić information content (AvgIpc) is 2.45. The molecule has 22 heavy (non-hydrogen) atoms. The van der Waals surface area contributed by atoms with Crippen molar-refractivity contribution >= 4 is 5.97 Å². The molecule has 2 aromatic carbocycles. The lowest BCUT2D eigenvalue weighted by Gasteiger charge is -2.19. The van der Waals surface area contributed by atoms with Crippen LogP contribution in [-0.4, -0.2) is 16.7 Å². The minimum absolute atomic E-state index is 0.0971. The maximum absolute atomic E-state index is 14.2. The van der Waals surface area contributed by atoms with E-state index >= 15 is 0 Å². The molecule has 0 aliphatic heterocycles. The molecule has 0 unspecified atom stereocenters. The zero-order valence-corrected chi connectivity index (χ0v) is 12.9. The number of aliphatic hydroxyl groups is 1. The predicted molar refractivity (Wildman–Crippen MR) is 82.9 cm³/mol. The number of carbonyl (C=O) groups excluding carboxylic acids is 1. The van der Waals surface area contributed by atoms with Crippen molar-refractivity contribution in [2.24, 2.45) is 0 Å². The van der Waals surface area contributed by atoms with E-state index in [4.69, 9.17) is 4.74 Å². The van der Waals surface area contributed by atoms with Crippen LogP contribution in [0.4, 0.5) is 4.39 Å². The Hall–Kier alpha value is -2.20. The molecule has 0 amide bonds. The van der Waals surface area contributed by atoms with Crippen molar-refractivity contribution in [3.05, 3.63) is 59.4 Å². The Morgan fingerprint density at radius 3 is 2.45 bits per heavy atom. The van der Waals surface area contributed by atoms with Gasteiger partial charge in [-0.25, -0.2) is 9.18 Å². The second-order valence-corrected chi connectivity index (χ2v) is 6.01. The summed E-state index contributed by atoms with van der Waals surface area (Å²) in [7, 11) is 0. The van der Waals surface area contributed by atoms with E-state index in [-0.39, 0.29) is 12.2 Å². The number of hydrogen-bond acceptors (Lipinski definition) is 3. The van der Waals surface area contributed by atoms with Crippen molar-refractivity contribution in [1.82, 2.24) is 0 Å². The molecule has 0 aromatic heterocycles. The van der Waals surface area contributed by atoms with Gasteiger partial charge in [0.1, 0.15) is 11.4 Å². The van der Waals surface area contributed by atoms with Gasteiger partial charge in [0.25, 0.3) is 0 Å². The van der Waals surface area contributed by atoms with E-state index in [1.165, 1.54) is 12.1 Å². The lowest BCUT2D eigenvalue weighted by Crippen LogP contribution is -2.24. The number of ether oxygens (including phenoxy) is 1. The number of benzene rings is 2. The van der Waals surface area contributed by atoms with Crippen LogP contribution in [0.2, 0.25) is 0 Å². The Labute approximate surface area is 129 Å². The highest BCUT2D eigenvalue weighted by atomic mass is 19.1. The van der Waals surface area contributed by atoms with Gasteiger partial charge < -0.3 is 9.84 Å². The third-order valence-corrected chi connectivity index (χ3v) is 3.09. The highest BCUT2D eigenvalue weighted by Gasteiger charge is 2.21. The predicted octanol–water partition coefficient (Wildman–Crippen LogP) is 3.94. The number of rotatable bonds is 3. The molecule has 1 N–H and O–H groups in total. The number of halogens is 1. The summed E-state index contributed by atoms with van der Waals surface area (Å²) in [6.07, 6.45) is 0. The summed E-state index contributed by atoms with van der Waals surface area (Å²) in [5.74, 6) is -1.33. The fourth-order valence-electron chi connectivity index (χ4n) is 2.12. The van der Waals surface area contributed by atoms with E-state index in [0.29, 0.717) is 11.1 Å². The first kappa shape index (κ1) is 16.2. The molecule has 0 fully saturated rings. The number of aliphatic hydroxyl groups excluding tert-OH is 1.